The standard InChI is InChI=1S/C24H34N4O/c1-2-25-24(27-16-9-15-26-23-12-7-4-8-13-23)28-17-14-22(18-28)20-29-19-21-10-5-3-6-11-21/h3-8,10-13,22,26H,2,9,14-20H2,1H3,(H,25,27). The Hall–Kier alpha value is -2.53. The second-order valence-electron chi connectivity index (χ2n) is 7.48. The molecular weight excluding hydrogens is 360 g/mol. The average molecular weight is 395 g/mol. The van der Waals surface area contributed by atoms with Gasteiger partial charge in [-0.25, -0.2) is 0 Å². The molecule has 2 aromatic rings. The summed E-state index contributed by atoms with van der Waals surface area (Å²) in [5, 5.41) is 6.89. The highest BCUT2D eigenvalue weighted by molar-refractivity contribution is 5.80. The van der Waals surface area contributed by atoms with Crippen molar-refractivity contribution in [2.24, 2.45) is 10.9 Å². The zero-order valence-corrected chi connectivity index (χ0v) is 17.5. The molecule has 29 heavy (non-hydrogen) atoms. The SMILES string of the molecule is CCNC(=NCCCNc1ccccc1)N1CCC(COCc2ccccc2)C1. The van der Waals surface area contributed by atoms with Crippen molar-refractivity contribution in [2.75, 3.05) is 44.6 Å². The van der Waals surface area contributed by atoms with E-state index in [0.717, 1.165) is 58.1 Å². The van der Waals surface area contributed by atoms with Crippen molar-refractivity contribution in [1.29, 1.82) is 0 Å². The van der Waals surface area contributed by atoms with Gasteiger partial charge in [-0.1, -0.05) is 48.5 Å². The maximum Gasteiger partial charge on any atom is 0.193 e. The van der Waals surface area contributed by atoms with E-state index in [1.165, 1.54) is 11.3 Å². The Bertz CT molecular complexity index is 720. The fourth-order valence-electron chi connectivity index (χ4n) is 3.56. The first-order valence-electron chi connectivity index (χ1n) is 10.8. The second-order valence-corrected chi connectivity index (χ2v) is 7.48. The Balaban J connectivity index is 1.37. The third kappa shape index (κ3) is 7.42. The minimum atomic E-state index is 0.572. The molecule has 1 atom stereocenters. The highest BCUT2D eigenvalue weighted by Crippen LogP contribution is 2.17. The van der Waals surface area contributed by atoms with Gasteiger partial charge < -0.3 is 20.3 Å². The monoisotopic (exact) mass is 394 g/mol. The van der Waals surface area contributed by atoms with Gasteiger partial charge in [-0.15, -0.1) is 0 Å². The van der Waals surface area contributed by atoms with Crippen molar-refractivity contribution in [2.45, 2.75) is 26.4 Å². The minimum absolute atomic E-state index is 0.572. The number of hydrogen-bond donors (Lipinski definition) is 2. The van der Waals surface area contributed by atoms with Crippen LogP contribution in [0.4, 0.5) is 5.69 Å². The Morgan fingerprint density at radius 3 is 2.62 bits per heavy atom. The smallest absolute Gasteiger partial charge is 0.193 e. The van der Waals surface area contributed by atoms with E-state index in [1.54, 1.807) is 0 Å². The van der Waals surface area contributed by atoms with E-state index in [-0.39, 0.29) is 0 Å². The maximum atomic E-state index is 5.95. The van der Waals surface area contributed by atoms with Crippen molar-refractivity contribution < 1.29 is 4.74 Å². The van der Waals surface area contributed by atoms with Crippen LogP contribution in [0.2, 0.25) is 0 Å². The zero-order chi connectivity index (χ0) is 20.2. The normalized spacial score (nSPS) is 16.8. The van der Waals surface area contributed by atoms with Gasteiger partial charge in [0.1, 0.15) is 0 Å². The molecule has 5 nitrogen and oxygen atoms in total. The molecule has 1 aliphatic rings. The topological polar surface area (TPSA) is 48.9 Å². The molecule has 0 saturated carbocycles. The van der Waals surface area contributed by atoms with Gasteiger partial charge in [-0.3, -0.25) is 4.99 Å². The van der Waals surface area contributed by atoms with E-state index in [1.807, 2.05) is 12.1 Å². The highest BCUT2D eigenvalue weighted by atomic mass is 16.5. The predicted molar refractivity (Wildman–Crippen MR) is 121 cm³/mol. The number of ether oxygens (including phenoxy) is 1. The fourth-order valence-corrected chi connectivity index (χ4v) is 3.56. The third-order valence-electron chi connectivity index (χ3n) is 5.08. The number of nitrogens with zero attached hydrogens (tertiary/aromatic N) is 2. The first-order valence-corrected chi connectivity index (χ1v) is 10.8. The van der Waals surface area contributed by atoms with Crippen molar-refractivity contribution in [3.8, 4) is 0 Å². The lowest BCUT2D eigenvalue weighted by Crippen LogP contribution is -2.40. The summed E-state index contributed by atoms with van der Waals surface area (Å²) in [5.74, 6) is 1.61. The van der Waals surface area contributed by atoms with Crippen LogP contribution in [0.1, 0.15) is 25.3 Å². The quantitative estimate of drug-likeness (QED) is 0.363. The van der Waals surface area contributed by atoms with Crippen molar-refractivity contribution in [1.82, 2.24) is 10.2 Å². The molecule has 1 fully saturated rings. The van der Waals surface area contributed by atoms with E-state index in [4.69, 9.17) is 9.73 Å². The summed E-state index contributed by atoms with van der Waals surface area (Å²) < 4.78 is 5.95. The Morgan fingerprint density at radius 1 is 1.10 bits per heavy atom. The molecule has 1 aliphatic heterocycles. The first-order chi connectivity index (χ1) is 14.3. The van der Waals surface area contributed by atoms with Gasteiger partial charge in [0.2, 0.25) is 0 Å². The van der Waals surface area contributed by atoms with Gasteiger partial charge in [0.05, 0.1) is 13.2 Å². The van der Waals surface area contributed by atoms with Crippen LogP contribution >= 0.6 is 0 Å². The molecule has 2 N–H and O–H groups in total. The maximum absolute atomic E-state index is 5.95. The minimum Gasteiger partial charge on any atom is -0.385 e. The van der Waals surface area contributed by atoms with Crippen LogP contribution in [-0.2, 0) is 11.3 Å². The summed E-state index contributed by atoms with van der Waals surface area (Å²) >= 11 is 0. The summed E-state index contributed by atoms with van der Waals surface area (Å²) in [6.07, 6.45) is 2.18. The first kappa shape index (κ1) is 21.2. The van der Waals surface area contributed by atoms with Crippen LogP contribution in [-0.4, -0.2) is 50.2 Å². The fraction of sp³-hybridized carbons (Fsp3) is 0.458. The summed E-state index contributed by atoms with van der Waals surface area (Å²) in [6, 6.07) is 20.7. The molecule has 0 aromatic heterocycles. The number of guanidine groups is 1. The van der Waals surface area contributed by atoms with Crippen molar-refractivity contribution in [3.63, 3.8) is 0 Å². The number of likely N-dealkylation sites (tertiary alicyclic amines) is 1. The summed E-state index contributed by atoms with van der Waals surface area (Å²) in [6.45, 7) is 8.36. The summed E-state index contributed by atoms with van der Waals surface area (Å²) in [4.78, 5) is 7.22. The molecule has 1 unspecified atom stereocenters. The molecule has 0 radical (unpaired) electrons. The number of anilines is 1. The van der Waals surface area contributed by atoms with Crippen molar-refractivity contribution in [3.05, 3.63) is 66.2 Å². The average Bonchev–Trinajstić information content (AvgIpc) is 3.23. The van der Waals surface area contributed by atoms with E-state index in [2.05, 4.69) is 71.0 Å². The number of nitrogens with one attached hydrogen (secondary N) is 2. The number of hydrogen-bond acceptors (Lipinski definition) is 3. The molecule has 156 valence electrons. The lowest BCUT2D eigenvalue weighted by molar-refractivity contribution is 0.0907. The zero-order valence-electron chi connectivity index (χ0n) is 17.5. The van der Waals surface area contributed by atoms with Gasteiger partial charge in [-0.2, -0.15) is 0 Å². The highest BCUT2D eigenvalue weighted by Gasteiger charge is 2.24. The Kier molecular flexibility index (Phi) is 8.86. The predicted octanol–water partition coefficient (Wildman–Crippen LogP) is 3.99. The van der Waals surface area contributed by atoms with E-state index in [0.29, 0.717) is 12.5 Å². The van der Waals surface area contributed by atoms with Gasteiger partial charge in [0, 0.05) is 44.3 Å². The molecule has 0 aliphatic carbocycles. The van der Waals surface area contributed by atoms with Crippen LogP contribution in [0.3, 0.4) is 0 Å². The molecule has 0 amide bonds. The number of para-hydroxylation sites is 1. The van der Waals surface area contributed by atoms with Crippen LogP contribution in [0.15, 0.2) is 65.7 Å². The molecule has 5 heteroatoms. The Morgan fingerprint density at radius 2 is 1.86 bits per heavy atom. The molecule has 0 bridgehead atoms. The molecule has 3 rings (SSSR count). The second kappa shape index (κ2) is 12.1. The largest absolute Gasteiger partial charge is 0.385 e. The van der Waals surface area contributed by atoms with Crippen LogP contribution < -0.4 is 10.6 Å². The molecule has 1 saturated heterocycles. The third-order valence-corrected chi connectivity index (χ3v) is 5.08. The molecular formula is C24H34N4O. The van der Waals surface area contributed by atoms with Crippen molar-refractivity contribution >= 4 is 11.6 Å². The lowest BCUT2D eigenvalue weighted by Gasteiger charge is -2.21. The molecule has 1 heterocycles. The van der Waals surface area contributed by atoms with Gasteiger partial charge >= 0.3 is 0 Å². The summed E-state index contributed by atoms with van der Waals surface area (Å²) in [7, 11) is 0. The molecule has 2 aromatic carbocycles. The number of rotatable bonds is 10. The van der Waals surface area contributed by atoms with Crippen LogP contribution in [0.25, 0.3) is 0 Å². The Labute approximate surface area is 175 Å². The van der Waals surface area contributed by atoms with Crippen LogP contribution in [0.5, 0.6) is 0 Å². The number of benzene rings is 2. The van der Waals surface area contributed by atoms with E-state index >= 15 is 0 Å². The van der Waals surface area contributed by atoms with E-state index in [9.17, 15) is 0 Å². The number of aliphatic imine (C=N–C) groups is 1. The van der Waals surface area contributed by atoms with Gasteiger partial charge in [0.15, 0.2) is 5.96 Å². The van der Waals surface area contributed by atoms with Gasteiger partial charge in [0.25, 0.3) is 0 Å². The molecule has 0 spiro atoms. The lowest BCUT2D eigenvalue weighted by atomic mass is 10.1. The van der Waals surface area contributed by atoms with E-state index < -0.39 is 0 Å². The summed E-state index contributed by atoms with van der Waals surface area (Å²) in [5.41, 5.74) is 2.41. The van der Waals surface area contributed by atoms with Crippen LogP contribution in [0, 0.1) is 5.92 Å². The van der Waals surface area contributed by atoms with Gasteiger partial charge in [-0.05, 0) is 37.5 Å².